The summed E-state index contributed by atoms with van der Waals surface area (Å²) in [6.45, 7) is 0.191. The number of aromatic hydroxyl groups is 1. The van der Waals surface area contributed by atoms with Crippen molar-refractivity contribution in [1.29, 1.82) is 0 Å². The van der Waals surface area contributed by atoms with Crippen LogP contribution in [0.15, 0.2) is 36.4 Å². The minimum absolute atomic E-state index is 0.0834. The number of halogens is 3. The molecule has 2 aromatic carbocycles. The van der Waals surface area contributed by atoms with Crippen molar-refractivity contribution in [3.63, 3.8) is 0 Å². The molecule has 0 radical (unpaired) electrons. The van der Waals surface area contributed by atoms with E-state index >= 15 is 0 Å². The van der Waals surface area contributed by atoms with Gasteiger partial charge in [0.2, 0.25) is 0 Å². The van der Waals surface area contributed by atoms with Crippen LogP contribution in [0.5, 0.6) is 5.75 Å². The maximum absolute atomic E-state index is 13.3. The SMILES string of the molecule is Oc1cccc(CNc2ccc(F)c(F)c2F)c1. The van der Waals surface area contributed by atoms with E-state index in [2.05, 4.69) is 5.32 Å². The number of anilines is 1. The van der Waals surface area contributed by atoms with Crippen LogP contribution in [0, 0.1) is 17.5 Å². The van der Waals surface area contributed by atoms with E-state index in [9.17, 15) is 18.3 Å². The molecular weight excluding hydrogens is 243 g/mol. The van der Waals surface area contributed by atoms with Crippen LogP contribution in [0.25, 0.3) is 0 Å². The molecule has 2 rings (SSSR count). The molecular formula is C13H10F3NO. The van der Waals surface area contributed by atoms with Gasteiger partial charge in [0.05, 0.1) is 5.69 Å². The Morgan fingerprint density at radius 1 is 1.00 bits per heavy atom. The summed E-state index contributed by atoms with van der Waals surface area (Å²) in [5, 5.41) is 11.9. The summed E-state index contributed by atoms with van der Waals surface area (Å²) in [4.78, 5) is 0. The molecule has 94 valence electrons. The highest BCUT2D eigenvalue weighted by Gasteiger charge is 2.12. The third-order valence-corrected chi connectivity index (χ3v) is 2.43. The minimum atomic E-state index is -1.50. The van der Waals surface area contributed by atoms with Crippen LogP contribution in [0.4, 0.5) is 18.9 Å². The normalized spacial score (nSPS) is 10.4. The molecule has 0 aliphatic heterocycles. The van der Waals surface area contributed by atoms with Crippen molar-refractivity contribution in [3.8, 4) is 5.75 Å². The molecule has 0 aromatic heterocycles. The molecule has 0 amide bonds. The van der Waals surface area contributed by atoms with Gasteiger partial charge in [0.1, 0.15) is 5.75 Å². The number of benzene rings is 2. The summed E-state index contributed by atoms with van der Waals surface area (Å²) in [7, 11) is 0. The van der Waals surface area contributed by atoms with Crippen LogP contribution in [-0.2, 0) is 6.54 Å². The van der Waals surface area contributed by atoms with E-state index in [0.717, 1.165) is 12.1 Å². The topological polar surface area (TPSA) is 32.3 Å². The van der Waals surface area contributed by atoms with Gasteiger partial charge in [-0.25, -0.2) is 13.2 Å². The van der Waals surface area contributed by atoms with E-state index in [0.29, 0.717) is 5.56 Å². The van der Waals surface area contributed by atoms with E-state index in [-0.39, 0.29) is 18.0 Å². The van der Waals surface area contributed by atoms with E-state index in [1.54, 1.807) is 12.1 Å². The first-order chi connectivity index (χ1) is 8.58. The first-order valence-corrected chi connectivity index (χ1v) is 5.23. The molecule has 2 aromatic rings. The minimum Gasteiger partial charge on any atom is -0.508 e. The van der Waals surface area contributed by atoms with E-state index in [1.807, 2.05) is 0 Å². The highest BCUT2D eigenvalue weighted by atomic mass is 19.2. The lowest BCUT2D eigenvalue weighted by Gasteiger charge is -2.08. The molecule has 5 heteroatoms. The fraction of sp³-hybridized carbons (Fsp3) is 0.0769. The fourth-order valence-electron chi connectivity index (χ4n) is 1.53. The van der Waals surface area contributed by atoms with Gasteiger partial charge in [-0.1, -0.05) is 12.1 Å². The zero-order chi connectivity index (χ0) is 13.1. The van der Waals surface area contributed by atoms with E-state index < -0.39 is 17.5 Å². The van der Waals surface area contributed by atoms with Crippen LogP contribution in [0.1, 0.15) is 5.56 Å². The van der Waals surface area contributed by atoms with Crippen molar-refractivity contribution < 1.29 is 18.3 Å². The molecule has 0 bridgehead atoms. The largest absolute Gasteiger partial charge is 0.508 e. The molecule has 0 aliphatic rings. The Balaban J connectivity index is 2.14. The van der Waals surface area contributed by atoms with Gasteiger partial charge in [-0.3, -0.25) is 0 Å². The summed E-state index contributed by atoms with van der Waals surface area (Å²) < 4.78 is 39.0. The molecule has 0 fully saturated rings. The molecule has 0 saturated heterocycles. The van der Waals surface area contributed by atoms with Crippen LogP contribution in [0.2, 0.25) is 0 Å². The summed E-state index contributed by atoms with van der Waals surface area (Å²) in [6, 6.07) is 8.31. The van der Waals surface area contributed by atoms with Gasteiger partial charge in [0, 0.05) is 6.54 Å². The highest BCUT2D eigenvalue weighted by Crippen LogP contribution is 2.20. The Kier molecular flexibility index (Phi) is 3.41. The predicted molar refractivity (Wildman–Crippen MR) is 61.7 cm³/mol. The summed E-state index contributed by atoms with van der Waals surface area (Å²) in [5.41, 5.74) is 0.566. The quantitative estimate of drug-likeness (QED) is 0.821. The van der Waals surface area contributed by atoms with Crippen molar-refractivity contribution in [1.82, 2.24) is 0 Å². The Hall–Kier alpha value is -2.17. The third-order valence-electron chi connectivity index (χ3n) is 2.43. The van der Waals surface area contributed by atoms with Crippen molar-refractivity contribution in [2.75, 3.05) is 5.32 Å². The molecule has 0 atom stereocenters. The first kappa shape index (κ1) is 12.3. The Labute approximate surface area is 102 Å². The van der Waals surface area contributed by atoms with E-state index in [4.69, 9.17) is 0 Å². The van der Waals surface area contributed by atoms with Crippen molar-refractivity contribution in [2.24, 2.45) is 0 Å². The van der Waals surface area contributed by atoms with Crippen molar-refractivity contribution >= 4 is 5.69 Å². The summed E-state index contributed by atoms with van der Waals surface area (Å²) in [5.74, 6) is -3.90. The summed E-state index contributed by atoms with van der Waals surface area (Å²) in [6.07, 6.45) is 0. The second-order valence-electron chi connectivity index (χ2n) is 3.75. The van der Waals surface area contributed by atoms with E-state index in [1.165, 1.54) is 12.1 Å². The number of phenols is 1. The maximum atomic E-state index is 13.3. The smallest absolute Gasteiger partial charge is 0.196 e. The van der Waals surface area contributed by atoms with Gasteiger partial charge in [-0.2, -0.15) is 0 Å². The van der Waals surface area contributed by atoms with Crippen LogP contribution in [-0.4, -0.2) is 5.11 Å². The lowest BCUT2D eigenvalue weighted by atomic mass is 10.2. The maximum Gasteiger partial charge on any atom is 0.196 e. The van der Waals surface area contributed by atoms with Gasteiger partial charge >= 0.3 is 0 Å². The van der Waals surface area contributed by atoms with Crippen LogP contribution in [0.3, 0.4) is 0 Å². The van der Waals surface area contributed by atoms with Crippen molar-refractivity contribution in [2.45, 2.75) is 6.54 Å². The van der Waals surface area contributed by atoms with Gasteiger partial charge in [0.15, 0.2) is 17.5 Å². The lowest BCUT2D eigenvalue weighted by molar-refractivity contribution is 0.449. The molecule has 0 aliphatic carbocycles. The van der Waals surface area contributed by atoms with Gasteiger partial charge in [-0.15, -0.1) is 0 Å². The highest BCUT2D eigenvalue weighted by molar-refractivity contribution is 5.46. The monoisotopic (exact) mass is 253 g/mol. The second-order valence-corrected chi connectivity index (χ2v) is 3.75. The van der Waals surface area contributed by atoms with Crippen LogP contribution < -0.4 is 5.32 Å². The number of hydrogen-bond acceptors (Lipinski definition) is 2. The van der Waals surface area contributed by atoms with Gasteiger partial charge in [-0.05, 0) is 29.8 Å². The molecule has 0 spiro atoms. The molecule has 0 heterocycles. The average molecular weight is 253 g/mol. The third kappa shape index (κ3) is 2.56. The molecule has 0 saturated carbocycles. The Morgan fingerprint density at radius 3 is 2.50 bits per heavy atom. The standard InChI is InChI=1S/C13H10F3NO/c14-10-4-5-11(13(16)12(10)15)17-7-8-2-1-3-9(18)6-8/h1-6,17-18H,7H2. The lowest BCUT2D eigenvalue weighted by Crippen LogP contribution is -2.03. The Bertz CT molecular complexity index is 572. The number of phenolic OH excluding ortho intramolecular Hbond substituents is 1. The van der Waals surface area contributed by atoms with Gasteiger partial charge < -0.3 is 10.4 Å². The number of rotatable bonds is 3. The second kappa shape index (κ2) is 5.00. The molecule has 0 unspecified atom stereocenters. The number of hydrogen-bond donors (Lipinski definition) is 2. The fourth-order valence-corrected chi connectivity index (χ4v) is 1.53. The Morgan fingerprint density at radius 2 is 1.78 bits per heavy atom. The van der Waals surface area contributed by atoms with Crippen LogP contribution >= 0.6 is 0 Å². The predicted octanol–water partition coefficient (Wildman–Crippen LogP) is 3.42. The average Bonchev–Trinajstić information content (AvgIpc) is 2.35. The first-order valence-electron chi connectivity index (χ1n) is 5.23. The number of nitrogens with one attached hydrogen (secondary N) is 1. The van der Waals surface area contributed by atoms with Crippen molar-refractivity contribution in [3.05, 3.63) is 59.4 Å². The van der Waals surface area contributed by atoms with Gasteiger partial charge in [0.25, 0.3) is 0 Å². The molecule has 18 heavy (non-hydrogen) atoms. The summed E-state index contributed by atoms with van der Waals surface area (Å²) >= 11 is 0. The molecule has 2 nitrogen and oxygen atoms in total. The molecule has 2 N–H and O–H groups in total. The zero-order valence-electron chi connectivity index (χ0n) is 9.25. The zero-order valence-corrected chi connectivity index (χ0v) is 9.25.